The number of hydrogen-bond donors (Lipinski definition) is 5. The lowest BCUT2D eigenvalue weighted by Crippen LogP contribution is -2.43. The third-order valence-electron chi connectivity index (χ3n) is 12.0. The number of para-hydroxylation sites is 3. The number of nitrogens with two attached hydrogens (primary N) is 1. The lowest BCUT2D eigenvalue weighted by atomic mass is 10.1. The summed E-state index contributed by atoms with van der Waals surface area (Å²) in [4.78, 5) is 86.0. The molecule has 3 saturated heterocycles. The van der Waals surface area contributed by atoms with E-state index in [9.17, 15) is 29.1 Å². The number of amides is 4. The molecular weight excluding hydrogens is 969 g/mol. The number of anilines is 3. The highest BCUT2D eigenvalue weighted by Gasteiger charge is 2.36. The van der Waals surface area contributed by atoms with Gasteiger partial charge in [0.15, 0.2) is 0 Å². The molecule has 3 unspecified atom stereocenters. The quantitative estimate of drug-likeness (QED) is 0.0902. The largest absolute Gasteiger partial charge is 0.496 e. The highest BCUT2D eigenvalue weighted by molar-refractivity contribution is 5.93. The lowest BCUT2D eigenvalue weighted by Gasteiger charge is -2.22. The zero-order valence-corrected chi connectivity index (χ0v) is 42.2. The zero-order valence-electron chi connectivity index (χ0n) is 42.2. The fourth-order valence-corrected chi connectivity index (χ4v) is 8.28. The van der Waals surface area contributed by atoms with Gasteiger partial charge in [-0.25, -0.2) is 49.1 Å². The van der Waals surface area contributed by atoms with Crippen LogP contribution in [0.4, 0.5) is 27.0 Å². The van der Waals surface area contributed by atoms with Crippen molar-refractivity contribution in [2.24, 2.45) is 0 Å². The summed E-state index contributed by atoms with van der Waals surface area (Å²) >= 11 is 0. The molecule has 3 aliphatic rings. The van der Waals surface area contributed by atoms with E-state index in [-0.39, 0.29) is 18.0 Å². The molecule has 0 radical (unpaired) electrons. The fourth-order valence-electron chi connectivity index (χ4n) is 8.28. The lowest BCUT2D eigenvalue weighted by molar-refractivity contribution is -0.145. The number of carbonyl (C=O) groups excluding carboxylic acids is 4. The van der Waals surface area contributed by atoms with Gasteiger partial charge in [-0.15, -0.1) is 0 Å². The maximum atomic E-state index is 12.5. The van der Waals surface area contributed by atoms with Gasteiger partial charge in [0, 0.05) is 48.0 Å². The van der Waals surface area contributed by atoms with Crippen LogP contribution in [0.3, 0.4) is 0 Å². The number of aliphatic carboxylic acids is 1. The number of hydrogen-bond acceptors (Lipinski definition) is 18. The molecule has 0 bridgehead atoms. The first-order chi connectivity index (χ1) is 36.4. The number of rotatable bonds is 11. The van der Waals surface area contributed by atoms with Crippen LogP contribution in [0.5, 0.6) is 17.2 Å². The van der Waals surface area contributed by atoms with E-state index < -0.39 is 30.1 Å². The smallest absolute Gasteiger partial charge is 0.328 e. The molecule has 9 rings (SSSR count). The molecule has 394 valence electrons. The number of ether oxygens (including phenoxy) is 5. The van der Waals surface area contributed by atoms with Crippen molar-refractivity contribution in [1.29, 1.82) is 0 Å². The van der Waals surface area contributed by atoms with Crippen LogP contribution in [0.25, 0.3) is 33.8 Å². The van der Waals surface area contributed by atoms with E-state index in [4.69, 9.17) is 24.7 Å². The van der Waals surface area contributed by atoms with Crippen LogP contribution < -0.4 is 35.9 Å². The summed E-state index contributed by atoms with van der Waals surface area (Å²) in [7, 11) is 7.53. The number of benzene rings is 3. The van der Waals surface area contributed by atoms with Crippen LogP contribution >= 0.6 is 0 Å². The van der Waals surface area contributed by atoms with Gasteiger partial charge < -0.3 is 49.6 Å². The van der Waals surface area contributed by atoms with Crippen molar-refractivity contribution in [1.82, 2.24) is 45.0 Å². The van der Waals surface area contributed by atoms with Gasteiger partial charge in [-0.2, -0.15) is 0 Å². The van der Waals surface area contributed by atoms with Crippen molar-refractivity contribution >= 4 is 47.4 Å². The van der Waals surface area contributed by atoms with E-state index in [1.54, 1.807) is 39.5 Å². The summed E-state index contributed by atoms with van der Waals surface area (Å²) < 4.78 is 25.2. The number of nitrogens with one attached hydrogen (secondary N) is 3. The Morgan fingerprint density at radius 1 is 0.560 bits per heavy atom. The number of likely N-dealkylation sites (tertiary alicyclic amines) is 2. The van der Waals surface area contributed by atoms with Crippen molar-refractivity contribution < 1.29 is 52.8 Å². The average molecular weight is 1030 g/mol. The zero-order chi connectivity index (χ0) is 53.7. The Balaban J connectivity index is 0.000000173. The first kappa shape index (κ1) is 55.3. The Morgan fingerprint density at radius 3 is 1.40 bits per heavy atom. The monoisotopic (exact) mass is 1030 g/mol. The van der Waals surface area contributed by atoms with Gasteiger partial charge in [0.2, 0.25) is 0 Å². The van der Waals surface area contributed by atoms with E-state index in [2.05, 4.69) is 50.6 Å². The first-order valence-corrected chi connectivity index (χ1v) is 23.8. The molecule has 0 aliphatic carbocycles. The second-order valence-corrected chi connectivity index (χ2v) is 16.6. The molecule has 4 amide bonds. The predicted molar refractivity (Wildman–Crippen MR) is 277 cm³/mol. The molecule has 0 spiro atoms. The molecule has 0 saturated carbocycles. The second-order valence-electron chi connectivity index (χ2n) is 16.6. The SMILES string of the molecule is COC(=O)C1CCCN1.COC(=O)C1CCCN1C(=O)Nc1cc(-c2ccccc2OC)ncn1.COc1ccccc1-c1cc(N)ncn1.COc1ccccc1-c1cc(NC(=O)N2CCCC2C(=O)O)ncn1. The number of urea groups is 2. The van der Waals surface area contributed by atoms with Crippen molar-refractivity contribution in [2.75, 3.05) is 71.6 Å². The van der Waals surface area contributed by atoms with E-state index in [0.717, 1.165) is 53.9 Å². The highest BCUT2D eigenvalue weighted by atomic mass is 16.5. The summed E-state index contributed by atoms with van der Waals surface area (Å²) in [6.07, 6.45) is 8.64. The maximum Gasteiger partial charge on any atom is 0.328 e. The predicted octanol–water partition coefficient (Wildman–Crippen LogP) is 6.20. The summed E-state index contributed by atoms with van der Waals surface area (Å²) in [6.45, 7) is 1.85. The molecule has 23 nitrogen and oxygen atoms in total. The van der Waals surface area contributed by atoms with Crippen LogP contribution in [0, 0.1) is 0 Å². The van der Waals surface area contributed by atoms with Gasteiger partial charge in [-0.05, 0) is 81.5 Å². The summed E-state index contributed by atoms with van der Waals surface area (Å²) in [6, 6.07) is 25.3. The number of aromatic nitrogens is 6. The van der Waals surface area contributed by atoms with Crippen molar-refractivity contribution in [2.45, 2.75) is 56.7 Å². The van der Waals surface area contributed by atoms with Crippen molar-refractivity contribution in [3.8, 4) is 51.0 Å². The molecule has 3 atom stereocenters. The number of carboxylic acid groups (broad SMARTS) is 1. The molecule has 23 heteroatoms. The van der Waals surface area contributed by atoms with Crippen molar-refractivity contribution in [3.63, 3.8) is 0 Å². The van der Waals surface area contributed by atoms with E-state index in [1.807, 2.05) is 72.8 Å². The topological polar surface area (TPSA) is 298 Å². The number of carbonyl (C=O) groups is 5. The molecule has 6 N–H and O–H groups in total. The van der Waals surface area contributed by atoms with Crippen LogP contribution in [0.2, 0.25) is 0 Å². The minimum Gasteiger partial charge on any atom is -0.496 e. The molecule has 3 fully saturated rings. The normalized spacial score (nSPS) is 16.3. The summed E-state index contributed by atoms with van der Waals surface area (Å²) in [5.74, 6) is 1.67. The Bertz CT molecular complexity index is 2890. The maximum absolute atomic E-state index is 12.5. The number of methoxy groups -OCH3 is 5. The Kier molecular flexibility index (Phi) is 20.5. The van der Waals surface area contributed by atoms with Crippen LogP contribution in [0.15, 0.2) is 110 Å². The van der Waals surface area contributed by atoms with Gasteiger partial charge in [-0.1, -0.05) is 36.4 Å². The van der Waals surface area contributed by atoms with Gasteiger partial charge in [0.25, 0.3) is 0 Å². The number of nitrogens with zero attached hydrogens (tertiary/aromatic N) is 8. The summed E-state index contributed by atoms with van der Waals surface area (Å²) in [5.41, 5.74) is 10.1. The van der Waals surface area contributed by atoms with E-state index in [1.165, 1.54) is 43.0 Å². The Hall–Kier alpha value is -8.99. The fraction of sp³-hybridized carbons (Fsp3) is 0.327. The average Bonchev–Trinajstić information content (AvgIpc) is 4.28. The van der Waals surface area contributed by atoms with E-state index >= 15 is 0 Å². The minimum atomic E-state index is -0.995. The number of nitrogen functional groups attached to an aromatic ring is 1. The molecule has 3 aromatic carbocycles. The van der Waals surface area contributed by atoms with Gasteiger partial charge >= 0.3 is 30.0 Å². The standard InChI is InChI=1S/C18H20N4O4.C17H18N4O4.C11H11N3O.C6H11NO2/c1-25-15-8-4-3-6-12(15)13-10-16(20-11-19-13)21-18(24)22-9-5-7-14(22)17(23)26-2;1-25-14-7-3-2-5-11(14)12-9-15(19-10-18-12)20-17(24)21-8-4-6-13(21)16(22)23;1-15-10-5-3-2-4-8(10)9-6-11(12)14-7-13-9;1-9-6(8)5-3-2-4-7-5/h3-4,6,8,10-11,14H,5,7,9H2,1-2H3,(H,19,20,21,24);2-3,5,7,9-10,13H,4,6,8H2,1H3,(H,22,23)(H,18,19,20,24);2-7H,1H3,(H2,12,13,14);5,7H,2-4H2,1H3. The third-order valence-corrected chi connectivity index (χ3v) is 12.0. The molecule has 3 aromatic heterocycles. The van der Waals surface area contributed by atoms with Gasteiger partial charge in [0.05, 0.1) is 52.6 Å². The Labute approximate surface area is 433 Å². The van der Waals surface area contributed by atoms with Gasteiger partial charge in [0.1, 0.15) is 71.8 Å². The minimum absolute atomic E-state index is 0.0324. The first-order valence-electron chi connectivity index (χ1n) is 23.8. The molecular formula is C52H60N12O11. The van der Waals surface area contributed by atoms with Crippen molar-refractivity contribution in [3.05, 3.63) is 110 Å². The van der Waals surface area contributed by atoms with Crippen LogP contribution in [-0.2, 0) is 23.9 Å². The van der Waals surface area contributed by atoms with Gasteiger partial charge in [-0.3, -0.25) is 15.4 Å². The van der Waals surface area contributed by atoms with E-state index in [0.29, 0.717) is 72.7 Å². The third kappa shape index (κ3) is 15.0. The molecule has 75 heavy (non-hydrogen) atoms. The highest BCUT2D eigenvalue weighted by Crippen LogP contribution is 2.31. The summed E-state index contributed by atoms with van der Waals surface area (Å²) in [5, 5.41) is 17.6. The second kappa shape index (κ2) is 27.7. The molecule has 6 heterocycles. The number of esters is 2. The number of carboxylic acids is 1. The van der Waals surface area contributed by atoms with Crippen LogP contribution in [-0.4, -0.2) is 148 Å². The van der Waals surface area contributed by atoms with Crippen LogP contribution in [0.1, 0.15) is 38.5 Å². The molecule has 3 aliphatic heterocycles. The molecule has 6 aromatic rings. The Morgan fingerprint density at radius 2 is 0.987 bits per heavy atom.